The summed E-state index contributed by atoms with van der Waals surface area (Å²) < 4.78 is 25.5. The summed E-state index contributed by atoms with van der Waals surface area (Å²) in [4.78, 5) is 0.548. The molecule has 4 heteroatoms. The summed E-state index contributed by atoms with van der Waals surface area (Å²) >= 11 is 0. The van der Waals surface area contributed by atoms with Gasteiger partial charge in [-0.1, -0.05) is 38.5 Å². The molecule has 0 aromatic heterocycles. The SMILES string of the molecule is Cc1cc(C)c2c(c1)C(NC(C)C)C(C)C(C)S2(=O)=O. The van der Waals surface area contributed by atoms with Crippen molar-refractivity contribution in [1.29, 1.82) is 0 Å². The molecule has 2 rings (SSSR count). The molecule has 0 amide bonds. The first kappa shape index (κ1) is 15.5. The minimum Gasteiger partial charge on any atom is -0.307 e. The van der Waals surface area contributed by atoms with E-state index in [0.29, 0.717) is 10.9 Å². The quantitative estimate of drug-likeness (QED) is 0.911. The van der Waals surface area contributed by atoms with Crippen molar-refractivity contribution >= 4 is 9.84 Å². The van der Waals surface area contributed by atoms with Crippen molar-refractivity contribution < 1.29 is 8.42 Å². The number of sulfone groups is 1. The van der Waals surface area contributed by atoms with Gasteiger partial charge in [-0.25, -0.2) is 8.42 Å². The van der Waals surface area contributed by atoms with Gasteiger partial charge in [-0.15, -0.1) is 0 Å². The summed E-state index contributed by atoms with van der Waals surface area (Å²) in [5, 5.41) is 3.19. The molecule has 3 atom stereocenters. The second-order valence-corrected chi connectivity index (χ2v) is 8.65. The van der Waals surface area contributed by atoms with Crippen LogP contribution < -0.4 is 5.32 Å². The number of rotatable bonds is 2. The van der Waals surface area contributed by atoms with Crippen molar-refractivity contribution in [3.63, 3.8) is 0 Å². The molecule has 0 saturated carbocycles. The highest BCUT2D eigenvalue weighted by Crippen LogP contribution is 2.42. The van der Waals surface area contributed by atoms with Crippen LogP contribution in [-0.2, 0) is 9.84 Å². The van der Waals surface area contributed by atoms with E-state index in [1.54, 1.807) is 0 Å². The van der Waals surface area contributed by atoms with Gasteiger partial charge < -0.3 is 5.32 Å². The molecule has 3 nitrogen and oxygen atoms in total. The average Bonchev–Trinajstić information content (AvgIpc) is 2.30. The zero-order valence-electron chi connectivity index (χ0n) is 13.2. The third-order valence-corrected chi connectivity index (χ3v) is 6.87. The Balaban J connectivity index is 2.72. The predicted molar refractivity (Wildman–Crippen MR) is 82.7 cm³/mol. The highest BCUT2D eigenvalue weighted by atomic mass is 32.2. The normalized spacial score (nSPS) is 28.4. The topological polar surface area (TPSA) is 46.2 Å². The fourth-order valence-corrected chi connectivity index (χ4v) is 5.35. The smallest absolute Gasteiger partial charge is 0.181 e. The van der Waals surface area contributed by atoms with E-state index in [1.807, 2.05) is 39.8 Å². The van der Waals surface area contributed by atoms with Crippen molar-refractivity contribution in [2.24, 2.45) is 5.92 Å². The standard InChI is InChI=1S/C16H25NO2S/c1-9(2)17-15-12(5)13(6)20(18,19)16-11(4)7-10(3)8-14(15)16/h7-9,12-13,15,17H,1-6H3. The molecular weight excluding hydrogens is 270 g/mol. The summed E-state index contributed by atoms with van der Waals surface area (Å²) in [6.07, 6.45) is 0. The summed E-state index contributed by atoms with van der Waals surface area (Å²) in [6.45, 7) is 12.0. The van der Waals surface area contributed by atoms with Crippen LogP contribution in [0.4, 0.5) is 0 Å². The molecule has 0 fully saturated rings. The molecular formula is C16H25NO2S. The zero-order chi connectivity index (χ0) is 15.2. The van der Waals surface area contributed by atoms with Gasteiger partial charge in [0.15, 0.2) is 9.84 Å². The number of benzene rings is 1. The van der Waals surface area contributed by atoms with Crippen LogP contribution in [0, 0.1) is 19.8 Å². The molecule has 1 aliphatic rings. The van der Waals surface area contributed by atoms with Crippen LogP contribution in [-0.4, -0.2) is 19.7 Å². The van der Waals surface area contributed by atoms with Crippen molar-refractivity contribution in [1.82, 2.24) is 5.32 Å². The maximum Gasteiger partial charge on any atom is 0.181 e. The van der Waals surface area contributed by atoms with Gasteiger partial charge in [-0.2, -0.15) is 0 Å². The average molecular weight is 295 g/mol. The second-order valence-electron chi connectivity index (χ2n) is 6.41. The lowest BCUT2D eigenvalue weighted by Crippen LogP contribution is -2.43. The first-order chi connectivity index (χ1) is 9.16. The Labute approximate surface area is 122 Å². The molecule has 0 saturated heterocycles. The third kappa shape index (κ3) is 2.40. The molecule has 1 heterocycles. The monoisotopic (exact) mass is 295 g/mol. The van der Waals surface area contributed by atoms with Crippen molar-refractivity contribution in [3.8, 4) is 0 Å². The molecule has 3 unspecified atom stereocenters. The number of aryl methyl sites for hydroxylation is 2. The van der Waals surface area contributed by atoms with Crippen LogP contribution >= 0.6 is 0 Å². The van der Waals surface area contributed by atoms with Gasteiger partial charge in [0, 0.05) is 12.1 Å². The fourth-order valence-electron chi connectivity index (χ4n) is 3.23. The maximum atomic E-state index is 12.8. The summed E-state index contributed by atoms with van der Waals surface area (Å²) in [6, 6.07) is 4.42. The highest BCUT2D eigenvalue weighted by Gasteiger charge is 2.42. The Morgan fingerprint density at radius 2 is 1.75 bits per heavy atom. The molecule has 112 valence electrons. The molecule has 1 aliphatic heterocycles. The largest absolute Gasteiger partial charge is 0.307 e. The Hall–Kier alpha value is -0.870. The molecule has 1 aromatic rings. The van der Waals surface area contributed by atoms with Gasteiger partial charge >= 0.3 is 0 Å². The molecule has 20 heavy (non-hydrogen) atoms. The van der Waals surface area contributed by atoms with E-state index in [9.17, 15) is 8.42 Å². The van der Waals surface area contributed by atoms with Gasteiger partial charge in [0.1, 0.15) is 0 Å². The highest BCUT2D eigenvalue weighted by molar-refractivity contribution is 7.92. The lowest BCUT2D eigenvalue weighted by Gasteiger charge is -2.38. The zero-order valence-corrected chi connectivity index (χ0v) is 14.0. The van der Waals surface area contributed by atoms with Gasteiger partial charge in [-0.05, 0) is 37.8 Å². The summed E-state index contributed by atoms with van der Waals surface area (Å²) in [5.74, 6) is 0.0658. The maximum absolute atomic E-state index is 12.8. The molecule has 1 aromatic carbocycles. The lowest BCUT2D eigenvalue weighted by molar-refractivity contribution is 0.336. The minimum absolute atomic E-state index is 0.0658. The van der Waals surface area contributed by atoms with Crippen LogP contribution in [0.2, 0.25) is 0 Å². The number of nitrogens with one attached hydrogen (secondary N) is 1. The summed E-state index contributed by atoms with van der Waals surface area (Å²) in [5.41, 5.74) is 2.94. The Bertz CT molecular complexity index is 620. The van der Waals surface area contributed by atoms with E-state index in [2.05, 4.69) is 19.2 Å². The second kappa shape index (κ2) is 5.15. The van der Waals surface area contributed by atoms with Gasteiger partial charge in [0.25, 0.3) is 0 Å². The number of fused-ring (bicyclic) bond motifs is 1. The number of hydrogen-bond acceptors (Lipinski definition) is 3. The Morgan fingerprint density at radius 3 is 2.30 bits per heavy atom. The van der Waals surface area contributed by atoms with E-state index >= 15 is 0 Å². The molecule has 0 aliphatic carbocycles. The van der Waals surface area contributed by atoms with E-state index in [1.165, 1.54) is 0 Å². The minimum atomic E-state index is -3.23. The molecule has 0 bridgehead atoms. The van der Waals surface area contributed by atoms with Gasteiger partial charge in [0.2, 0.25) is 0 Å². The Kier molecular flexibility index (Phi) is 4.00. The van der Waals surface area contributed by atoms with Crippen LogP contribution in [0.5, 0.6) is 0 Å². The van der Waals surface area contributed by atoms with Crippen molar-refractivity contribution in [2.75, 3.05) is 0 Å². The number of hydrogen-bond donors (Lipinski definition) is 1. The molecule has 0 radical (unpaired) electrons. The fraction of sp³-hybridized carbons (Fsp3) is 0.625. The molecule has 0 spiro atoms. The van der Waals surface area contributed by atoms with Crippen LogP contribution in [0.15, 0.2) is 17.0 Å². The predicted octanol–water partition coefficient (Wildman–Crippen LogP) is 3.15. The van der Waals surface area contributed by atoms with Gasteiger partial charge in [-0.3, -0.25) is 0 Å². The van der Waals surface area contributed by atoms with Crippen LogP contribution in [0.1, 0.15) is 50.4 Å². The molecule has 1 N–H and O–H groups in total. The lowest BCUT2D eigenvalue weighted by atomic mass is 9.89. The van der Waals surface area contributed by atoms with Crippen LogP contribution in [0.25, 0.3) is 0 Å². The Morgan fingerprint density at radius 1 is 1.15 bits per heavy atom. The van der Waals surface area contributed by atoms with E-state index in [-0.39, 0.29) is 17.2 Å². The van der Waals surface area contributed by atoms with E-state index in [0.717, 1.165) is 16.7 Å². The first-order valence-electron chi connectivity index (χ1n) is 7.27. The van der Waals surface area contributed by atoms with Gasteiger partial charge in [0.05, 0.1) is 10.1 Å². The van der Waals surface area contributed by atoms with Crippen molar-refractivity contribution in [2.45, 2.75) is 63.8 Å². The van der Waals surface area contributed by atoms with E-state index < -0.39 is 9.84 Å². The van der Waals surface area contributed by atoms with E-state index in [4.69, 9.17) is 0 Å². The summed E-state index contributed by atoms with van der Waals surface area (Å²) in [7, 11) is -3.23. The van der Waals surface area contributed by atoms with Crippen LogP contribution in [0.3, 0.4) is 0 Å². The van der Waals surface area contributed by atoms with Crippen molar-refractivity contribution in [3.05, 3.63) is 28.8 Å². The first-order valence-corrected chi connectivity index (χ1v) is 8.82. The third-order valence-electron chi connectivity index (χ3n) is 4.34.